The van der Waals surface area contributed by atoms with E-state index in [1.54, 1.807) is 0 Å². The van der Waals surface area contributed by atoms with Crippen molar-refractivity contribution in [2.24, 2.45) is 0 Å². The van der Waals surface area contributed by atoms with Gasteiger partial charge < -0.3 is 5.32 Å². The highest BCUT2D eigenvalue weighted by Crippen LogP contribution is 2.30. The van der Waals surface area contributed by atoms with Crippen molar-refractivity contribution >= 4 is 44.5 Å². The van der Waals surface area contributed by atoms with Crippen LogP contribution < -0.4 is 5.32 Å². The Morgan fingerprint density at radius 1 is 1.09 bits per heavy atom. The van der Waals surface area contributed by atoms with Crippen molar-refractivity contribution in [3.8, 4) is 0 Å². The average Bonchev–Trinajstić information content (AvgIpc) is 2.76. The Hall–Kier alpha value is -1.79. The number of hydrogen-bond donors (Lipinski definition) is 1. The molecule has 1 saturated heterocycles. The van der Waals surface area contributed by atoms with Crippen LogP contribution in [0.4, 0.5) is 10.5 Å². The first-order valence-corrected chi connectivity index (χ1v) is 8.39. The molecule has 1 fully saturated rings. The van der Waals surface area contributed by atoms with Gasteiger partial charge >= 0.3 is 0 Å². The Labute approximate surface area is 141 Å². The third kappa shape index (κ3) is 3.34. The first-order chi connectivity index (χ1) is 10.6. The number of benzene rings is 2. The second-order valence-electron chi connectivity index (χ2n) is 4.83. The SMILES string of the molecule is O=C1SC(Nc2cccc(Br)c2)C(=O)N1Cc1ccccc1. The molecule has 2 aromatic carbocycles. The highest BCUT2D eigenvalue weighted by molar-refractivity contribution is 9.10. The van der Waals surface area contributed by atoms with Gasteiger partial charge in [0.1, 0.15) is 0 Å². The predicted molar refractivity (Wildman–Crippen MR) is 91.5 cm³/mol. The fraction of sp³-hybridized carbons (Fsp3) is 0.125. The van der Waals surface area contributed by atoms with Crippen LogP contribution in [0.15, 0.2) is 59.1 Å². The molecule has 0 saturated carbocycles. The topological polar surface area (TPSA) is 49.4 Å². The zero-order valence-electron chi connectivity index (χ0n) is 11.5. The van der Waals surface area contributed by atoms with E-state index in [4.69, 9.17) is 0 Å². The third-order valence-electron chi connectivity index (χ3n) is 3.24. The van der Waals surface area contributed by atoms with Gasteiger partial charge in [-0.05, 0) is 35.5 Å². The van der Waals surface area contributed by atoms with E-state index in [0.717, 1.165) is 27.5 Å². The molecular formula is C16H13BrN2O2S. The van der Waals surface area contributed by atoms with Crippen LogP contribution in [0.2, 0.25) is 0 Å². The van der Waals surface area contributed by atoms with Crippen molar-refractivity contribution in [1.82, 2.24) is 4.90 Å². The molecule has 0 bridgehead atoms. The van der Waals surface area contributed by atoms with Gasteiger partial charge in [0, 0.05) is 10.2 Å². The van der Waals surface area contributed by atoms with Crippen molar-refractivity contribution in [2.75, 3.05) is 5.32 Å². The number of carbonyl (C=O) groups is 2. The molecule has 3 rings (SSSR count). The number of amides is 2. The summed E-state index contributed by atoms with van der Waals surface area (Å²) in [5, 5.41) is 2.30. The van der Waals surface area contributed by atoms with Gasteiger partial charge in [0.15, 0.2) is 5.37 Å². The van der Waals surface area contributed by atoms with Crippen LogP contribution in [0.5, 0.6) is 0 Å². The normalized spacial score (nSPS) is 17.9. The summed E-state index contributed by atoms with van der Waals surface area (Å²) in [5.74, 6) is -0.209. The number of nitrogens with one attached hydrogen (secondary N) is 1. The van der Waals surface area contributed by atoms with E-state index in [1.165, 1.54) is 4.90 Å². The number of rotatable bonds is 4. The van der Waals surface area contributed by atoms with Crippen molar-refractivity contribution < 1.29 is 9.59 Å². The van der Waals surface area contributed by atoms with Gasteiger partial charge in [0.05, 0.1) is 6.54 Å². The van der Waals surface area contributed by atoms with Gasteiger partial charge in [-0.25, -0.2) is 0 Å². The second kappa shape index (κ2) is 6.54. The zero-order chi connectivity index (χ0) is 15.5. The molecule has 2 aromatic rings. The molecule has 0 aromatic heterocycles. The molecule has 4 nitrogen and oxygen atoms in total. The lowest BCUT2D eigenvalue weighted by Gasteiger charge is -2.15. The average molecular weight is 377 g/mol. The van der Waals surface area contributed by atoms with Crippen LogP contribution in [0.3, 0.4) is 0 Å². The first kappa shape index (κ1) is 15.1. The lowest BCUT2D eigenvalue weighted by Crippen LogP contribution is -2.33. The summed E-state index contributed by atoms with van der Waals surface area (Å²) in [7, 11) is 0. The molecule has 1 N–H and O–H groups in total. The fourth-order valence-corrected chi connectivity index (χ4v) is 3.48. The highest BCUT2D eigenvalue weighted by Gasteiger charge is 2.39. The Morgan fingerprint density at radius 3 is 2.59 bits per heavy atom. The van der Waals surface area contributed by atoms with E-state index in [-0.39, 0.29) is 11.1 Å². The molecule has 1 atom stereocenters. The summed E-state index contributed by atoms with van der Waals surface area (Å²) in [5.41, 5.74) is 1.74. The molecule has 1 unspecified atom stereocenters. The minimum Gasteiger partial charge on any atom is -0.365 e. The largest absolute Gasteiger partial charge is 0.365 e. The summed E-state index contributed by atoms with van der Waals surface area (Å²) in [4.78, 5) is 25.8. The van der Waals surface area contributed by atoms with Crippen molar-refractivity contribution in [3.63, 3.8) is 0 Å². The molecule has 1 aliphatic rings. The number of imide groups is 1. The molecule has 0 radical (unpaired) electrons. The molecule has 22 heavy (non-hydrogen) atoms. The molecule has 1 heterocycles. The van der Waals surface area contributed by atoms with Gasteiger partial charge in [-0.2, -0.15) is 0 Å². The summed E-state index contributed by atoms with van der Waals surface area (Å²) in [6.45, 7) is 0.308. The van der Waals surface area contributed by atoms with E-state index < -0.39 is 5.37 Å². The molecule has 0 aliphatic carbocycles. The van der Waals surface area contributed by atoms with Crippen molar-refractivity contribution in [1.29, 1.82) is 0 Å². The minimum atomic E-state index is -0.578. The molecule has 2 amide bonds. The van der Waals surface area contributed by atoms with Crippen LogP contribution in [-0.2, 0) is 11.3 Å². The lowest BCUT2D eigenvalue weighted by molar-refractivity contribution is -0.126. The van der Waals surface area contributed by atoms with E-state index in [2.05, 4.69) is 21.2 Å². The first-order valence-electron chi connectivity index (χ1n) is 6.71. The smallest absolute Gasteiger partial charge is 0.291 e. The van der Waals surface area contributed by atoms with Gasteiger partial charge in [-0.3, -0.25) is 14.5 Å². The number of carbonyl (C=O) groups excluding carboxylic acids is 2. The predicted octanol–water partition coefficient (Wildman–Crippen LogP) is 4.08. The molecule has 6 heteroatoms. The summed E-state index contributed by atoms with van der Waals surface area (Å²) in [6, 6.07) is 17.0. The summed E-state index contributed by atoms with van der Waals surface area (Å²) < 4.78 is 0.917. The van der Waals surface area contributed by atoms with E-state index in [1.807, 2.05) is 54.6 Å². The monoisotopic (exact) mass is 376 g/mol. The number of halogens is 1. The number of anilines is 1. The van der Waals surface area contributed by atoms with Crippen LogP contribution in [0.25, 0.3) is 0 Å². The molecule has 0 spiro atoms. The van der Waals surface area contributed by atoms with Crippen LogP contribution >= 0.6 is 27.7 Å². The molecule has 112 valence electrons. The van der Waals surface area contributed by atoms with Gasteiger partial charge in [-0.1, -0.05) is 52.3 Å². The number of thioether (sulfide) groups is 1. The lowest BCUT2D eigenvalue weighted by atomic mass is 10.2. The van der Waals surface area contributed by atoms with Crippen molar-refractivity contribution in [3.05, 3.63) is 64.6 Å². The molecule has 1 aliphatic heterocycles. The Balaban J connectivity index is 1.71. The Bertz CT molecular complexity index is 708. The van der Waals surface area contributed by atoms with Crippen molar-refractivity contribution in [2.45, 2.75) is 11.9 Å². The third-order valence-corrected chi connectivity index (χ3v) is 4.71. The van der Waals surface area contributed by atoms with Crippen LogP contribution in [-0.4, -0.2) is 21.4 Å². The Morgan fingerprint density at radius 2 is 1.86 bits per heavy atom. The quantitative estimate of drug-likeness (QED) is 0.872. The van der Waals surface area contributed by atoms with E-state index in [9.17, 15) is 9.59 Å². The van der Waals surface area contributed by atoms with E-state index >= 15 is 0 Å². The second-order valence-corrected chi connectivity index (χ2v) is 6.80. The maximum Gasteiger partial charge on any atom is 0.291 e. The minimum absolute atomic E-state index is 0.209. The van der Waals surface area contributed by atoms with Crippen LogP contribution in [0, 0.1) is 0 Å². The molecular weight excluding hydrogens is 364 g/mol. The number of hydrogen-bond acceptors (Lipinski definition) is 4. The maximum absolute atomic E-state index is 12.4. The maximum atomic E-state index is 12.4. The standard InChI is InChI=1S/C16H13BrN2O2S/c17-12-7-4-8-13(9-12)18-14-15(20)19(16(21)22-14)10-11-5-2-1-3-6-11/h1-9,14,18H,10H2. The van der Waals surface area contributed by atoms with Crippen LogP contribution in [0.1, 0.15) is 5.56 Å². The summed E-state index contributed by atoms with van der Waals surface area (Å²) >= 11 is 4.40. The van der Waals surface area contributed by atoms with E-state index in [0.29, 0.717) is 6.54 Å². The summed E-state index contributed by atoms with van der Waals surface area (Å²) in [6.07, 6.45) is 0. The van der Waals surface area contributed by atoms with Gasteiger partial charge in [-0.15, -0.1) is 0 Å². The zero-order valence-corrected chi connectivity index (χ0v) is 13.9. The Kier molecular flexibility index (Phi) is 4.49. The van der Waals surface area contributed by atoms with Gasteiger partial charge in [0.2, 0.25) is 0 Å². The number of nitrogens with zero attached hydrogens (tertiary/aromatic N) is 1. The fourth-order valence-electron chi connectivity index (χ4n) is 2.18. The highest BCUT2D eigenvalue weighted by atomic mass is 79.9. The van der Waals surface area contributed by atoms with Gasteiger partial charge in [0.25, 0.3) is 11.1 Å².